The van der Waals surface area contributed by atoms with Crippen molar-refractivity contribution in [2.75, 3.05) is 20.1 Å². The van der Waals surface area contributed by atoms with Gasteiger partial charge in [0.05, 0.1) is 6.54 Å². The van der Waals surface area contributed by atoms with Gasteiger partial charge in [-0.2, -0.15) is 0 Å². The Hall–Kier alpha value is -1.15. The minimum absolute atomic E-state index is 0.228. The van der Waals surface area contributed by atoms with Gasteiger partial charge in [-0.3, -0.25) is 9.69 Å². The largest absolute Gasteiger partial charge is 0.299 e. The third kappa shape index (κ3) is 4.61. The Morgan fingerprint density at radius 1 is 1.22 bits per heavy atom. The van der Waals surface area contributed by atoms with E-state index in [0.717, 1.165) is 17.7 Å². The van der Waals surface area contributed by atoms with Crippen molar-refractivity contribution in [1.82, 2.24) is 4.90 Å². The lowest BCUT2D eigenvalue weighted by molar-refractivity contribution is 0.0945. The molecular weight excluding hydrogens is 222 g/mol. The van der Waals surface area contributed by atoms with Crippen LogP contribution in [0.5, 0.6) is 0 Å². The van der Waals surface area contributed by atoms with E-state index in [1.165, 1.54) is 24.8 Å². The lowest BCUT2D eigenvalue weighted by Crippen LogP contribution is -2.27. The normalized spacial score (nSPS) is 10.9. The highest BCUT2D eigenvalue weighted by molar-refractivity contribution is 5.98. The summed E-state index contributed by atoms with van der Waals surface area (Å²) in [6.07, 6.45) is 3.63. The first-order chi connectivity index (χ1) is 8.54. The van der Waals surface area contributed by atoms with Gasteiger partial charge in [0, 0.05) is 5.56 Å². The van der Waals surface area contributed by atoms with E-state index in [9.17, 15) is 4.79 Å². The number of hydrogen-bond acceptors (Lipinski definition) is 2. The van der Waals surface area contributed by atoms with Gasteiger partial charge in [0.1, 0.15) is 0 Å². The highest BCUT2D eigenvalue weighted by Gasteiger charge is 2.11. The van der Waals surface area contributed by atoms with Crippen molar-refractivity contribution in [3.8, 4) is 0 Å². The van der Waals surface area contributed by atoms with Gasteiger partial charge >= 0.3 is 0 Å². The predicted octanol–water partition coefficient (Wildman–Crippen LogP) is 3.61. The number of carbonyl (C=O) groups excluding carboxylic acids is 1. The minimum atomic E-state index is 0.228. The first-order valence-electron chi connectivity index (χ1n) is 6.83. The van der Waals surface area contributed by atoms with Crippen LogP contribution < -0.4 is 0 Å². The Kier molecular flexibility index (Phi) is 6.06. The molecule has 0 N–H and O–H groups in total. The number of aryl methyl sites for hydroxylation is 2. The first-order valence-corrected chi connectivity index (χ1v) is 6.83. The molecule has 2 heteroatoms. The molecule has 0 fully saturated rings. The maximum atomic E-state index is 12.2. The summed E-state index contributed by atoms with van der Waals surface area (Å²) in [4.78, 5) is 14.3. The zero-order chi connectivity index (χ0) is 13.5. The van der Waals surface area contributed by atoms with Gasteiger partial charge in [0.15, 0.2) is 5.78 Å². The van der Waals surface area contributed by atoms with Gasteiger partial charge in [-0.25, -0.2) is 0 Å². The maximum absolute atomic E-state index is 12.2. The minimum Gasteiger partial charge on any atom is -0.299 e. The van der Waals surface area contributed by atoms with Crippen LogP contribution in [0, 0.1) is 13.8 Å². The summed E-state index contributed by atoms with van der Waals surface area (Å²) < 4.78 is 0. The molecule has 0 aliphatic heterocycles. The Bertz CT molecular complexity index is 398. The summed E-state index contributed by atoms with van der Waals surface area (Å²) >= 11 is 0. The summed E-state index contributed by atoms with van der Waals surface area (Å²) in [6, 6.07) is 6.04. The molecule has 100 valence electrons. The number of benzene rings is 1. The van der Waals surface area contributed by atoms with Crippen LogP contribution in [0.1, 0.15) is 47.7 Å². The van der Waals surface area contributed by atoms with E-state index in [1.807, 2.05) is 26.1 Å². The van der Waals surface area contributed by atoms with Crippen LogP contribution in [0.2, 0.25) is 0 Å². The van der Waals surface area contributed by atoms with Crippen molar-refractivity contribution in [3.05, 3.63) is 34.9 Å². The second-order valence-corrected chi connectivity index (χ2v) is 5.19. The first kappa shape index (κ1) is 14.9. The van der Waals surface area contributed by atoms with Gasteiger partial charge < -0.3 is 0 Å². The maximum Gasteiger partial charge on any atom is 0.177 e. The second-order valence-electron chi connectivity index (χ2n) is 5.19. The molecule has 0 unspecified atom stereocenters. The zero-order valence-electron chi connectivity index (χ0n) is 12.1. The van der Waals surface area contributed by atoms with Crippen molar-refractivity contribution in [1.29, 1.82) is 0 Å². The number of ketones is 1. The van der Waals surface area contributed by atoms with Crippen LogP contribution in [0.15, 0.2) is 18.2 Å². The number of likely N-dealkylation sites (N-methyl/N-ethyl adjacent to an activating group) is 1. The van der Waals surface area contributed by atoms with E-state index >= 15 is 0 Å². The van der Waals surface area contributed by atoms with Crippen molar-refractivity contribution in [2.45, 2.75) is 40.0 Å². The van der Waals surface area contributed by atoms with E-state index in [1.54, 1.807) is 0 Å². The third-order valence-corrected chi connectivity index (χ3v) is 3.24. The van der Waals surface area contributed by atoms with Crippen molar-refractivity contribution >= 4 is 5.78 Å². The van der Waals surface area contributed by atoms with Crippen LogP contribution in [0.25, 0.3) is 0 Å². The summed E-state index contributed by atoms with van der Waals surface area (Å²) in [5.41, 5.74) is 3.16. The Morgan fingerprint density at radius 2 is 1.94 bits per heavy atom. The highest BCUT2D eigenvalue weighted by atomic mass is 16.1. The van der Waals surface area contributed by atoms with Gasteiger partial charge in [-0.05, 0) is 39.4 Å². The fraction of sp³-hybridized carbons (Fsp3) is 0.562. The topological polar surface area (TPSA) is 20.3 Å². The quantitative estimate of drug-likeness (QED) is 0.542. The molecule has 0 amide bonds. The van der Waals surface area contributed by atoms with Crippen LogP contribution in [-0.2, 0) is 0 Å². The Labute approximate surface area is 111 Å². The molecule has 0 spiro atoms. The smallest absolute Gasteiger partial charge is 0.177 e. The molecule has 2 nitrogen and oxygen atoms in total. The van der Waals surface area contributed by atoms with E-state index in [0.29, 0.717) is 6.54 Å². The van der Waals surface area contributed by atoms with Crippen LogP contribution in [0.4, 0.5) is 0 Å². The molecule has 0 aromatic heterocycles. The SMILES string of the molecule is CCCCCN(C)CC(=O)c1ccc(C)cc1C. The Morgan fingerprint density at radius 3 is 2.56 bits per heavy atom. The monoisotopic (exact) mass is 247 g/mol. The van der Waals surface area contributed by atoms with Gasteiger partial charge in [-0.15, -0.1) is 0 Å². The summed E-state index contributed by atoms with van der Waals surface area (Å²) in [6.45, 7) is 7.79. The third-order valence-electron chi connectivity index (χ3n) is 3.24. The van der Waals surface area contributed by atoms with E-state index in [-0.39, 0.29) is 5.78 Å². The molecular formula is C16H25NO. The highest BCUT2D eigenvalue weighted by Crippen LogP contribution is 2.11. The van der Waals surface area contributed by atoms with Gasteiger partial charge in [0.2, 0.25) is 0 Å². The standard InChI is InChI=1S/C16H25NO/c1-5-6-7-10-17(4)12-16(18)15-9-8-13(2)11-14(15)3/h8-9,11H,5-7,10,12H2,1-4H3. The number of nitrogens with zero attached hydrogens (tertiary/aromatic N) is 1. The number of Topliss-reactive ketones (excluding diaryl/α,β-unsaturated/α-hetero) is 1. The number of unbranched alkanes of at least 4 members (excludes halogenated alkanes) is 2. The van der Waals surface area contributed by atoms with Crippen LogP contribution in [0.3, 0.4) is 0 Å². The van der Waals surface area contributed by atoms with Crippen molar-refractivity contribution in [2.24, 2.45) is 0 Å². The molecule has 0 saturated heterocycles. The lowest BCUT2D eigenvalue weighted by Gasteiger charge is -2.16. The summed E-state index contributed by atoms with van der Waals surface area (Å²) in [5.74, 6) is 0.228. The summed E-state index contributed by atoms with van der Waals surface area (Å²) in [7, 11) is 2.02. The molecule has 0 radical (unpaired) electrons. The molecule has 0 saturated carbocycles. The summed E-state index contributed by atoms with van der Waals surface area (Å²) in [5, 5.41) is 0. The molecule has 1 rings (SSSR count). The molecule has 0 heterocycles. The van der Waals surface area contributed by atoms with Gasteiger partial charge in [0.25, 0.3) is 0 Å². The fourth-order valence-electron chi connectivity index (χ4n) is 2.17. The lowest BCUT2D eigenvalue weighted by atomic mass is 10.0. The number of hydrogen-bond donors (Lipinski definition) is 0. The molecule has 18 heavy (non-hydrogen) atoms. The Balaban J connectivity index is 2.54. The molecule has 1 aromatic rings. The number of rotatable bonds is 7. The molecule has 0 atom stereocenters. The molecule has 0 bridgehead atoms. The average Bonchev–Trinajstić information content (AvgIpc) is 2.28. The van der Waals surface area contributed by atoms with Crippen molar-refractivity contribution < 1.29 is 4.79 Å². The fourth-order valence-corrected chi connectivity index (χ4v) is 2.17. The second kappa shape index (κ2) is 7.32. The number of carbonyl (C=O) groups is 1. The average molecular weight is 247 g/mol. The van der Waals surface area contributed by atoms with E-state index in [4.69, 9.17) is 0 Å². The molecule has 0 aliphatic carbocycles. The van der Waals surface area contributed by atoms with Crippen LogP contribution >= 0.6 is 0 Å². The van der Waals surface area contributed by atoms with E-state index < -0.39 is 0 Å². The van der Waals surface area contributed by atoms with E-state index in [2.05, 4.69) is 24.8 Å². The predicted molar refractivity (Wildman–Crippen MR) is 77.3 cm³/mol. The zero-order valence-corrected chi connectivity index (χ0v) is 12.1. The molecule has 0 aliphatic rings. The van der Waals surface area contributed by atoms with Gasteiger partial charge in [-0.1, -0.05) is 43.5 Å². The van der Waals surface area contributed by atoms with Crippen LogP contribution in [-0.4, -0.2) is 30.8 Å². The van der Waals surface area contributed by atoms with Crippen molar-refractivity contribution in [3.63, 3.8) is 0 Å². The molecule has 1 aromatic carbocycles.